The van der Waals surface area contributed by atoms with Gasteiger partial charge in [0.05, 0.1) is 12.8 Å². The van der Waals surface area contributed by atoms with Crippen LogP contribution in [0.4, 0.5) is 0 Å². The fourth-order valence-electron chi connectivity index (χ4n) is 1.85. The number of benzene rings is 1. The summed E-state index contributed by atoms with van der Waals surface area (Å²) in [5.41, 5.74) is 2.15. The summed E-state index contributed by atoms with van der Waals surface area (Å²) in [6, 6.07) is 7.73. The van der Waals surface area contributed by atoms with Gasteiger partial charge in [-0.2, -0.15) is 10.4 Å². The molecule has 19 heavy (non-hydrogen) atoms. The third-order valence-electron chi connectivity index (χ3n) is 2.81. The molecule has 0 bridgehead atoms. The maximum absolute atomic E-state index is 9.15. The number of nitrogens with zero attached hydrogens (tertiary/aromatic N) is 3. The van der Waals surface area contributed by atoms with Gasteiger partial charge in [0.25, 0.3) is 0 Å². The Bertz CT molecular complexity index is 653. The van der Waals surface area contributed by atoms with E-state index < -0.39 is 0 Å². The molecule has 0 aliphatic rings. The number of nitriles is 1. The standard InChI is InChI=1S/C14H15N3O2/c1-9-5-6-12(13(7-9)18-4)19-14-11(8-15)10(2)16-17(14)3/h5-7H,1-4H3. The summed E-state index contributed by atoms with van der Waals surface area (Å²) in [5, 5.41) is 13.3. The van der Waals surface area contributed by atoms with Gasteiger partial charge in [-0.05, 0) is 31.5 Å². The Balaban J connectivity index is 2.45. The summed E-state index contributed by atoms with van der Waals surface area (Å²) < 4.78 is 12.6. The highest BCUT2D eigenvalue weighted by molar-refractivity contribution is 5.48. The number of hydrogen-bond donors (Lipinski definition) is 0. The van der Waals surface area contributed by atoms with Gasteiger partial charge >= 0.3 is 0 Å². The molecule has 0 aliphatic heterocycles. The zero-order valence-electron chi connectivity index (χ0n) is 11.4. The van der Waals surface area contributed by atoms with Crippen molar-refractivity contribution in [2.45, 2.75) is 13.8 Å². The Kier molecular flexibility index (Phi) is 3.43. The first kappa shape index (κ1) is 13.0. The van der Waals surface area contributed by atoms with Crippen LogP contribution < -0.4 is 9.47 Å². The number of hydrogen-bond acceptors (Lipinski definition) is 4. The van der Waals surface area contributed by atoms with Crippen molar-refractivity contribution < 1.29 is 9.47 Å². The molecule has 0 amide bonds. The van der Waals surface area contributed by atoms with Gasteiger partial charge in [0.1, 0.15) is 11.6 Å². The normalized spacial score (nSPS) is 10.1. The van der Waals surface area contributed by atoms with Crippen LogP contribution in [-0.2, 0) is 7.05 Å². The highest BCUT2D eigenvalue weighted by Gasteiger charge is 2.16. The topological polar surface area (TPSA) is 60.1 Å². The molecular weight excluding hydrogens is 242 g/mol. The fraction of sp³-hybridized carbons (Fsp3) is 0.286. The minimum absolute atomic E-state index is 0.419. The van der Waals surface area contributed by atoms with E-state index in [0.29, 0.717) is 28.6 Å². The van der Waals surface area contributed by atoms with Crippen LogP contribution in [0.3, 0.4) is 0 Å². The van der Waals surface area contributed by atoms with Crippen molar-refractivity contribution in [3.8, 4) is 23.4 Å². The first-order valence-corrected chi connectivity index (χ1v) is 5.83. The van der Waals surface area contributed by atoms with Gasteiger partial charge in [0.2, 0.25) is 5.88 Å². The molecule has 1 aromatic carbocycles. The van der Waals surface area contributed by atoms with Gasteiger partial charge in [-0.1, -0.05) is 6.07 Å². The van der Waals surface area contributed by atoms with Crippen LogP contribution in [0, 0.1) is 25.2 Å². The van der Waals surface area contributed by atoms with Crippen molar-refractivity contribution in [3.05, 3.63) is 35.0 Å². The first-order valence-electron chi connectivity index (χ1n) is 5.83. The summed E-state index contributed by atoms with van der Waals surface area (Å²) in [4.78, 5) is 0. The molecule has 0 unspecified atom stereocenters. The monoisotopic (exact) mass is 257 g/mol. The van der Waals surface area contributed by atoms with Crippen molar-refractivity contribution in [1.82, 2.24) is 9.78 Å². The van der Waals surface area contributed by atoms with E-state index >= 15 is 0 Å². The number of aromatic nitrogens is 2. The van der Waals surface area contributed by atoms with E-state index in [1.807, 2.05) is 25.1 Å². The van der Waals surface area contributed by atoms with E-state index in [4.69, 9.17) is 14.7 Å². The lowest BCUT2D eigenvalue weighted by molar-refractivity contribution is 0.365. The predicted molar refractivity (Wildman–Crippen MR) is 70.5 cm³/mol. The third kappa shape index (κ3) is 2.38. The van der Waals surface area contributed by atoms with E-state index in [0.717, 1.165) is 5.56 Å². The van der Waals surface area contributed by atoms with E-state index in [1.54, 1.807) is 25.8 Å². The van der Waals surface area contributed by atoms with Crippen LogP contribution in [0.15, 0.2) is 18.2 Å². The molecule has 0 fully saturated rings. The van der Waals surface area contributed by atoms with Crippen molar-refractivity contribution in [1.29, 1.82) is 5.26 Å². The van der Waals surface area contributed by atoms with Crippen LogP contribution in [0.25, 0.3) is 0 Å². The molecule has 0 N–H and O–H groups in total. The van der Waals surface area contributed by atoms with Crippen molar-refractivity contribution in [3.63, 3.8) is 0 Å². The summed E-state index contributed by atoms with van der Waals surface area (Å²) in [6.45, 7) is 3.75. The van der Waals surface area contributed by atoms with Crippen LogP contribution in [0.2, 0.25) is 0 Å². The van der Waals surface area contributed by atoms with Gasteiger partial charge in [-0.3, -0.25) is 0 Å². The largest absolute Gasteiger partial charge is 0.493 e. The van der Waals surface area contributed by atoms with Crippen LogP contribution in [0.5, 0.6) is 17.4 Å². The van der Waals surface area contributed by atoms with Crippen LogP contribution in [-0.4, -0.2) is 16.9 Å². The van der Waals surface area contributed by atoms with Gasteiger partial charge in [0, 0.05) is 7.05 Å². The van der Waals surface area contributed by atoms with E-state index in [9.17, 15) is 0 Å². The quantitative estimate of drug-likeness (QED) is 0.848. The number of aryl methyl sites for hydroxylation is 3. The van der Waals surface area contributed by atoms with Crippen LogP contribution in [0.1, 0.15) is 16.8 Å². The highest BCUT2D eigenvalue weighted by Crippen LogP contribution is 2.34. The molecule has 98 valence electrons. The Morgan fingerprint density at radius 3 is 2.63 bits per heavy atom. The molecule has 0 radical (unpaired) electrons. The molecule has 1 heterocycles. The Morgan fingerprint density at radius 2 is 2.00 bits per heavy atom. The molecular formula is C14H15N3O2. The first-order chi connectivity index (χ1) is 9.06. The zero-order chi connectivity index (χ0) is 14.0. The van der Waals surface area contributed by atoms with Gasteiger partial charge in [0.15, 0.2) is 11.5 Å². The molecule has 0 aliphatic carbocycles. The Hall–Kier alpha value is -2.48. The van der Waals surface area contributed by atoms with Gasteiger partial charge in [-0.25, -0.2) is 4.68 Å². The predicted octanol–water partition coefficient (Wildman–Crippen LogP) is 2.71. The summed E-state index contributed by atoms with van der Waals surface area (Å²) >= 11 is 0. The average molecular weight is 257 g/mol. The molecule has 1 aromatic heterocycles. The summed E-state index contributed by atoms with van der Waals surface area (Å²) in [7, 11) is 3.32. The minimum atomic E-state index is 0.419. The maximum Gasteiger partial charge on any atom is 0.236 e. The lowest BCUT2D eigenvalue weighted by atomic mass is 10.2. The third-order valence-corrected chi connectivity index (χ3v) is 2.81. The summed E-state index contributed by atoms with van der Waals surface area (Å²) in [6.07, 6.45) is 0. The number of methoxy groups -OCH3 is 1. The Morgan fingerprint density at radius 1 is 1.26 bits per heavy atom. The lowest BCUT2D eigenvalue weighted by Gasteiger charge is -2.11. The second-order valence-corrected chi connectivity index (χ2v) is 4.26. The highest BCUT2D eigenvalue weighted by atomic mass is 16.5. The van der Waals surface area contributed by atoms with E-state index in [1.165, 1.54) is 0 Å². The van der Waals surface area contributed by atoms with Crippen LogP contribution >= 0.6 is 0 Å². The summed E-state index contributed by atoms with van der Waals surface area (Å²) in [5.74, 6) is 1.61. The van der Waals surface area contributed by atoms with E-state index in [-0.39, 0.29) is 0 Å². The minimum Gasteiger partial charge on any atom is -0.493 e. The molecule has 0 spiro atoms. The lowest BCUT2D eigenvalue weighted by Crippen LogP contribution is -1.98. The fourth-order valence-corrected chi connectivity index (χ4v) is 1.85. The zero-order valence-corrected chi connectivity index (χ0v) is 11.4. The second-order valence-electron chi connectivity index (χ2n) is 4.26. The molecule has 0 atom stereocenters. The van der Waals surface area contributed by atoms with Crippen molar-refractivity contribution >= 4 is 0 Å². The second kappa shape index (κ2) is 5.02. The van der Waals surface area contributed by atoms with Gasteiger partial charge in [-0.15, -0.1) is 0 Å². The molecule has 0 saturated carbocycles. The molecule has 2 aromatic rings. The molecule has 5 heteroatoms. The number of rotatable bonds is 3. The van der Waals surface area contributed by atoms with Gasteiger partial charge < -0.3 is 9.47 Å². The smallest absolute Gasteiger partial charge is 0.236 e. The van der Waals surface area contributed by atoms with Crippen molar-refractivity contribution in [2.24, 2.45) is 7.05 Å². The number of ether oxygens (including phenoxy) is 2. The van der Waals surface area contributed by atoms with Crippen molar-refractivity contribution in [2.75, 3.05) is 7.11 Å². The van der Waals surface area contributed by atoms with E-state index in [2.05, 4.69) is 11.2 Å². The molecule has 0 saturated heterocycles. The SMILES string of the molecule is COc1cc(C)ccc1Oc1c(C#N)c(C)nn1C. The molecule has 2 rings (SSSR count). The Labute approximate surface area is 112 Å². The maximum atomic E-state index is 9.15. The molecule has 5 nitrogen and oxygen atoms in total. The average Bonchev–Trinajstić information content (AvgIpc) is 2.65.